The summed E-state index contributed by atoms with van der Waals surface area (Å²) in [6.07, 6.45) is 0. The summed E-state index contributed by atoms with van der Waals surface area (Å²) >= 11 is 6.13. The number of anilines is 2. The molecule has 0 aromatic heterocycles. The monoisotopic (exact) mass is 492 g/mol. The molecule has 1 fully saturated rings. The van der Waals surface area contributed by atoms with E-state index in [-0.39, 0.29) is 18.4 Å². The zero-order chi connectivity index (χ0) is 24.5. The van der Waals surface area contributed by atoms with Crippen LogP contribution >= 0.6 is 11.6 Å². The van der Waals surface area contributed by atoms with Crippen LogP contribution in [0.25, 0.3) is 0 Å². The van der Waals surface area contributed by atoms with Crippen LogP contribution in [-0.2, 0) is 4.79 Å². The van der Waals surface area contributed by atoms with E-state index in [4.69, 9.17) is 16.3 Å². The molecular formula is C27H29ClN4O3. The standard InChI is InChI=1S/C27H29ClN4O3/c28-23-11-5-7-13-25(23)35-19-18-31-14-16-32(17-15-31)20-26(33)30-24-12-6-4-10-22(24)27(34)29-21-8-2-1-3-9-21/h1-13H,14-20H2,(H,29,34)(H,30,33). The molecule has 182 valence electrons. The van der Waals surface area contributed by atoms with Crippen LogP contribution in [0.1, 0.15) is 10.4 Å². The highest BCUT2D eigenvalue weighted by Gasteiger charge is 2.20. The molecule has 0 aliphatic carbocycles. The van der Waals surface area contributed by atoms with Crippen LogP contribution in [0, 0.1) is 0 Å². The van der Waals surface area contributed by atoms with Gasteiger partial charge in [0.2, 0.25) is 5.91 Å². The zero-order valence-corrected chi connectivity index (χ0v) is 20.2. The van der Waals surface area contributed by atoms with E-state index in [2.05, 4.69) is 20.4 Å². The van der Waals surface area contributed by atoms with E-state index in [1.54, 1.807) is 24.3 Å². The van der Waals surface area contributed by atoms with Gasteiger partial charge in [0.15, 0.2) is 0 Å². The summed E-state index contributed by atoms with van der Waals surface area (Å²) in [5.41, 5.74) is 1.63. The largest absolute Gasteiger partial charge is 0.491 e. The number of ether oxygens (including phenoxy) is 1. The summed E-state index contributed by atoms with van der Waals surface area (Å²) in [5, 5.41) is 6.38. The Bertz CT molecular complexity index is 1130. The summed E-state index contributed by atoms with van der Waals surface area (Å²) in [4.78, 5) is 29.9. The van der Waals surface area contributed by atoms with Gasteiger partial charge in [-0.25, -0.2) is 0 Å². The third kappa shape index (κ3) is 7.29. The summed E-state index contributed by atoms with van der Waals surface area (Å²) in [6, 6.07) is 23.7. The fraction of sp³-hybridized carbons (Fsp3) is 0.259. The highest BCUT2D eigenvalue weighted by molar-refractivity contribution is 6.32. The van der Waals surface area contributed by atoms with E-state index < -0.39 is 0 Å². The average molecular weight is 493 g/mol. The Morgan fingerprint density at radius 3 is 2.23 bits per heavy atom. The Balaban J connectivity index is 1.22. The highest BCUT2D eigenvalue weighted by atomic mass is 35.5. The molecule has 35 heavy (non-hydrogen) atoms. The first kappa shape index (κ1) is 24.7. The minimum absolute atomic E-state index is 0.138. The minimum atomic E-state index is -0.264. The molecule has 0 saturated carbocycles. The van der Waals surface area contributed by atoms with Crippen LogP contribution < -0.4 is 15.4 Å². The number of benzene rings is 3. The van der Waals surface area contributed by atoms with Gasteiger partial charge in [0, 0.05) is 38.4 Å². The number of para-hydroxylation sites is 3. The van der Waals surface area contributed by atoms with Crippen molar-refractivity contribution in [1.82, 2.24) is 9.80 Å². The second kappa shape index (κ2) is 12.4. The molecule has 1 saturated heterocycles. The smallest absolute Gasteiger partial charge is 0.257 e. The number of hydrogen-bond donors (Lipinski definition) is 2. The Morgan fingerprint density at radius 1 is 0.800 bits per heavy atom. The first-order chi connectivity index (χ1) is 17.1. The molecule has 0 radical (unpaired) electrons. The lowest BCUT2D eigenvalue weighted by atomic mass is 10.1. The molecule has 2 amide bonds. The van der Waals surface area contributed by atoms with Gasteiger partial charge in [-0.3, -0.25) is 19.4 Å². The third-order valence-corrected chi connectivity index (χ3v) is 6.12. The molecule has 2 N–H and O–H groups in total. The Morgan fingerprint density at radius 2 is 1.46 bits per heavy atom. The number of nitrogens with zero attached hydrogens (tertiary/aromatic N) is 2. The molecule has 0 bridgehead atoms. The van der Waals surface area contributed by atoms with Gasteiger partial charge in [-0.1, -0.05) is 54.1 Å². The Kier molecular flexibility index (Phi) is 8.73. The number of nitrogens with one attached hydrogen (secondary N) is 2. The maximum Gasteiger partial charge on any atom is 0.257 e. The van der Waals surface area contributed by atoms with E-state index in [0.29, 0.717) is 34.3 Å². The van der Waals surface area contributed by atoms with Crippen LogP contribution in [0.15, 0.2) is 78.9 Å². The van der Waals surface area contributed by atoms with Crippen LogP contribution in [0.4, 0.5) is 11.4 Å². The number of halogens is 1. The first-order valence-corrected chi connectivity index (χ1v) is 12.0. The molecule has 1 heterocycles. The van der Waals surface area contributed by atoms with Gasteiger partial charge in [-0.05, 0) is 36.4 Å². The molecule has 7 nitrogen and oxygen atoms in total. The van der Waals surface area contributed by atoms with Crippen molar-refractivity contribution in [3.05, 3.63) is 89.4 Å². The van der Waals surface area contributed by atoms with E-state index >= 15 is 0 Å². The lowest BCUT2D eigenvalue weighted by molar-refractivity contribution is -0.117. The summed E-state index contributed by atoms with van der Waals surface area (Å²) in [6.45, 7) is 4.93. The lowest BCUT2D eigenvalue weighted by Gasteiger charge is -2.34. The van der Waals surface area contributed by atoms with Crippen LogP contribution in [0.5, 0.6) is 5.75 Å². The summed E-state index contributed by atoms with van der Waals surface area (Å²) in [7, 11) is 0. The first-order valence-electron chi connectivity index (χ1n) is 11.7. The van der Waals surface area contributed by atoms with Gasteiger partial charge >= 0.3 is 0 Å². The molecular weight excluding hydrogens is 464 g/mol. The predicted molar refractivity (Wildman–Crippen MR) is 139 cm³/mol. The van der Waals surface area contributed by atoms with Crippen molar-refractivity contribution in [3.8, 4) is 5.75 Å². The van der Waals surface area contributed by atoms with Crippen molar-refractivity contribution >= 4 is 34.8 Å². The minimum Gasteiger partial charge on any atom is -0.491 e. The maximum absolute atomic E-state index is 12.7. The van der Waals surface area contributed by atoms with E-state index in [0.717, 1.165) is 32.7 Å². The quantitative estimate of drug-likeness (QED) is 0.467. The van der Waals surface area contributed by atoms with Crippen molar-refractivity contribution in [1.29, 1.82) is 0 Å². The average Bonchev–Trinajstić information content (AvgIpc) is 2.87. The van der Waals surface area contributed by atoms with Gasteiger partial charge in [0.05, 0.1) is 22.8 Å². The fourth-order valence-electron chi connectivity index (χ4n) is 3.92. The van der Waals surface area contributed by atoms with E-state index in [1.165, 1.54) is 0 Å². The molecule has 0 atom stereocenters. The van der Waals surface area contributed by atoms with Crippen molar-refractivity contribution in [2.24, 2.45) is 0 Å². The van der Waals surface area contributed by atoms with Crippen LogP contribution in [0.2, 0.25) is 5.02 Å². The number of amides is 2. The number of hydrogen-bond acceptors (Lipinski definition) is 5. The van der Waals surface area contributed by atoms with Crippen molar-refractivity contribution in [2.75, 3.05) is 56.5 Å². The van der Waals surface area contributed by atoms with E-state index in [1.807, 2.05) is 54.6 Å². The normalized spacial score (nSPS) is 14.3. The molecule has 3 aromatic rings. The molecule has 8 heteroatoms. The lowest BCUT2D eigenvalue weighted by Crippen LogP contribution is -2.49. The Hall–Kier alpha value is -3.39. The molecule has 1 aliphatic rings. The van der Waals surface area contributed by atoms with Crippen molar-refractivity contribution in [3.63, 3.8) is 0 Å². The number of carbonyl (C=O) groups excluding carboxylic acids is 2. The number of rotatable bonds is 9. The zero-order valence-electron chi connectivity index (χ0n) is 19.5. The topological polar surface area (TPSA) is 73.9 Å². The van der Waals surface area contributed by atoms with Crippen LogP contribution in [0.3, 0.4) is 0 Å². The Labute approximate surface area is 210 Å². The maximum atomic E-state index is 12.7. The number of piperazine rings is 1. The second-order valence-corrected chi connectivity index (χ2v) is 8.72. The molecule has 3 aromatic carbocycles. The molecule has 0 unspecified atom stereocenters. The molecule has 0 spiro atoms. The predicted octanol–water partition coefficient (Wildman–Crippen LogP) is 4.23. The fourth-order valence-corrected chi connectivity index (χ4v) is 4.11. The number of carbonyl (C=O) groups is 2. The van der Waals surface area contributed by atoms with Gasteiger partial charge in [-0.15, -0.1) is 0 Å². The highest BCUT2D eigenvalue weighted by Crippen LogP contribution is 2.23. The van der Waals surface area contributed by atoms with Gasteiger partial charge in [0.25, 0.3) is 5.91 Å². The van der Waals surface area contributed by atoms with Crippen molar-refractivity contribution < 1.29 is 14.3 Å². The van der Waals surface area contributed by atoms with Gasteiger partial charge in [0.1, 0.15) is 12.4 Å². The molecule has 1 aliphatic heterocycles. The molecule has 4 rings (SSSR count). The van der Waals surface area contributed by atoms with Crippen molar-refractivity contribution in [2.45, 2.75) is 0 Å². The van der Waals surface area contributed by atoms with E-state index in [9.17, 15) is 9.59 Å². The SMILES string of the molecule is O=C(CN1CCN(CCOc2ccccc2Cl)CC1)Nc1ccccc1C(=O)Nc1ccccc1. The second-order valence-electron chi connectivity index (χ2n) is 8.31. The van der Waals surface area contributed by atoms with Gasteiger partial charge < -0.3 is 15.4 Å². The third-order valence-electron chi connectivity index (χ3n) is 5.81. The summed E-state index contributed by atoms with van der Waals surface area (Å²) < 4.78 is 5.78. The summed E-state index contributed by atoms with van der Waals surface area (Å²) in [5.74, 6) is 0.294. The van der Waals surface area contributed by atoms with Crippen LogP contribution in [-0.4, -0.2) is 67.5 Å². The van der Waals surface area contributed by atoms with Gasteiger partial charge in [-0.2, -0.15) is 0 Å².